The van der Waals surface area contributed by atoms with Gasteiger partial charge in [-0.05, 0) is 117 Å². The Balaban J connectivity index is 1.03. The molecular weight excluding hydrogens is 648 g/mol. The molecule has 7 aliphatic carbocycles. The van der Waals surface area contributed by atoms with Gasteiger partial charge < -0.3 is 9.42 Å². The highest BCUT2D eigenvalue weighted by molar-refractivity contribution is 7.92. The monoisotopic (exact) mass is 686 g/mol. The van der Waals surface area contributed by atoms with E-state index in [1.54, 1.807) is 12.1 Å². The maximum absolute atomic E-state index is 14.4. The minimum absolute atomic E-state index is 0.0249. The Bertz CT molecular complexity index is 1840. The molecule has 13 heteroatoms. The Kier molecular flexibility index (Phi) is 6.80. The molecule has 1 heterocycles. The summed E-state index contributed by atoms with van der Waals surface area (Å²) in [6, 6.07) is 14.8. The molecule has 7 saturated carbocycles. The highest BCUT2D eigenvalue weighted by Gasteiger charge is 2.70. The summed E-state index contributed by atoms with van der Waals surface area (Å²) in [5, 5.41) is 4.10. The zero-order valence-corrected chi connectivity index (χ0v) is 27.5. The number of hydrogen-bond donors (Lipinski definition) is 1. The molecule has 0 radical (unpaired) electrons. The first-order valence-electron chi connectivity index (χ1n) is 16.6. The van der Waals surface area contributed by atoms with Gasteiger partial charge in [0, 0.05) is 29.8 Å². The molecule has 256 valence electrons. The van der Waals surface area contributed by atoms with Crippen molar-refractivity contribution < 1.29 is 35.3 Å². The van der Waals surface area contributed by atoms with E-state index in [4.69, 9.17) is 4.52 Å². The topological polar surface area (TPSA) is 105 Å². The van der Waals surface area contributed by atoms with Crippen molar-refractivity contribution in [3.63, 3.8) is 0 Å². The molecule has 3 aromatic rings. The Morgan fingerprint density at radius 3 is 2.12 bits per heavy atom. The van der Waals surface area contributed by atoms with Crippen molar-refractivity contribution in [1.82, 2.24) is 10.1 Å². The van der Waals surface area contributed by atoms with E-state index in [-0.39, 0.29) is 35.5 Å². The van der Waals surface area contributed by atoms with Gasteiger partial charge in [-0.2, -0.15) is 18.2 Å². The average Bonchev–Trinajstić information content (AvgIpc) is 3.69. The summed E-state index contributed by atoms with van der Waals surface area (Å²) < 4.78 is 86.6. The summed E-state index contributed by atoms with van der Waals surface area (Å²) >= 11 is 0. The highest BCUT2D eigenvalue weighted by atomic mass is 32.2. The van der Waals surface area contributed by atoms with Crippen LogP contribution in [0.3, 0.4) is 0 Å². The van der Waals surface area contributed by atoms with Crippen molar-refractivity contribution in [1.29, 1.82) is 0 Å². The quantitative estimate of drug-likeness (QED) is 0.220. The van der Waals surface area contributed by atoms with Gasteiger partial charge in [0.25, 0.3) is 0 Å². The van der Waals surface area contributed by atoms with Gasteiger partial charge in [0.05, 0.1) is 6.26 Å². The first-order chi connectivity index (χ1) is 22.5. The van der Waals surface area contributed by atoms with E-state index in [1.165, 1.54) is 0 Å². The third kappa shape index (κ3) is 5.31. The highest BCUT2D eigenvalue weighted by Crippen LogP contribution is 2.71. The van der Waals surface area contributed by atoms with Gasteiger partial charge in [-0.15, -0.1) is 0 Å². The molecule has 1 aromatic heterocycles. The third-order valence-corrected chi connectivity index (χ3v) is 12.7. The fourth-order valence-electron chi connectivity index (χ4n) is 9.13. The van der Waals surface area contributed by atoms with Crippen LogP contribution in [0.25, 0.3) is 11.1 Å². The molecule has 7 aliphatic rings. The molecule has 0 unspecified atom stereocenters. The minimum Gasteiger partial charge on any atom is -0.338 e. The zero-order valence-electron chi connectivity index (χ0n) is 26.7. The molecule has 0 aliphatic heterocycles. The number of nitrogens with one attached hydrogen (secondary N) is 1. The van der Waals surface area contributed by atoms with Crippen LogP contribution in [-0.2, 0) is 25.6 Å². The number of alkyl halides is 4. The lowest BCUT2D eigenvalue weighted by Gasteiger charge is -2.66. The normalized spacial score (nSPS) is 31.4. The Morgan fingerprint density at radius 1 is 0.917 bits per heavy atom. The van der Waals surface area contributed by atoms with Gasteiger partial charge in [0.2, 0.25) is 21.8 Å². The van der Waals surface area contributed by atoms with Crippen LogP contribution >= 0.6 is 0 Å². The van der Waals surface area contributed by atoms with Gasteiger partial charge in [0.1, 0.15) is 11.1 Å². The van der Waals surface area contributed by atoms with Crippen molar-refractivity contribution in [2.45, 2.75) is 99.7 Å². The van der Waals surface area contributed by atoms with E-state index < -0.39 is 32.7 Å². The second-order valence-electron chi connectivity index (χ2n) is 15.6. The number of benzene rings is 2. The summed E-state index contributed by atoms with van der Waals surface area (Å²) in [5.74, 6) is 0.0370. The van der Waals surface area contributed by atoms with Gasteiger partial charge in [-0.1, -0.05) is 29.4 Å². The van der Waals surface area contributed by atoms with Gasteiger partial charge in [-0.3, -0.25) is 9.52 Å². The molecule has 1 amide bonds. The number of halogens is 4. The predicted octanol–water partition coefficient (Wildman–Crippen LogP) is 7.61. The van der Waals surface area contributed by atoms with Crippen molar-refractivity contribution in [3.05, 3.63) is 60.2 Å². The second kappa shape index (κ2) is 10.3. The number of fused-ring (bicyclic) bond motifs is 3. The fourth-order valence-corrected chi connectivity index (χ4v) is 9.70. The van der Waals surface area contributed by atoms with E-state index in [2.05, 4.69) is 14.9 Å². The summed E-state index contributed by atoms with van der Waals surface area (Å²) in [4.78, 5) is 20.4. The molecular formula is C35H38F4N4O4S. The van der Waals surface area contributed by atoms with Crippen LogP contribution < -0.4 is 9.62 Å². The average molecular weight is 687 g/mol. The van der Waals surface area contributed by atoms with Gasteiger partial charge >= 0.3 is 6.18 Å². The van der Waals surface area contributed by atoms with Crippen LogP contribution in [0.1, 0.15) is 88.8 Å². The van der Waals surface area contributed by atoms with E-state index in [9.17, 15) is 30.8 Å². The van der Waals surface area contributed by atoms with E-state index in [0.29, 0.717) is 63.0 Å². The van der Waals surface area contributed by atoms with Crippen LogP contribution in [0.2, 0.25) is 0 Å². The van der Waals surface area contributed by atoms with Gasteiger partial charge in [-0.25, -0.2) is 12.8 Å². The third-order valence-electron chi connectivity index (χ3n) is 12.1. The van der Waals surface area contributed by atoms with Crippen molar-refractivity contribution in [2.24, 2.45) is 10.8 Å². The van der Waals surface area contributed by atoms with Crippen molar-refractivity contribution in [2.75, 3.05) is 22.4 Å². The Hall–Kier alpha value is -3.48. The zero-order chi connectivity index (χ0) is 33.8. The first kappa shape index (κ1) is 31.8. The molecule has 2 aromatic carbocycles. The van der Waals surface area contributed by atoms with Crippen LogP contribution in [0.5, 0.6) is 0 Å². The molecule has 4 bridgehead atoms. The van der Waals surface area contributed by atoms with Gasteiger partial charge in [0.15, 0.2) is 5.82 Å². The summed E-state index contributed by atoms with van der Waals surface area (Å²) in [6.45, 7) is 0.494. The largest absolute Gasteiger partial charge is 0.403 e. The van der Waals surface area contributed by atoms with Crippen molar-refractivity contribution in [3.8, 4) is 11.1 Å². The Labute approximate surface area is 276 Å². The molecule has 48 heavy (non-hydrogen) atoms. The smallest absolute Gasteiger partial charge is 0.338 e. The van der Waals surface area contributed by atoms with E-state index in [1.807, 2.05) is 41.3 Å². The summed E-state index contributed by atoms with van der Waals surface area (Å²) in [7, 11) is -3.41. The number of sulfonamides is 1. The lowest BCUT2D eigenvalue weighted by atomic mass is 9.41. The SMILES string of the molecule is CS(=O)(=O)Nc1ccc(-c2cccc(N(CC34CCC(c5noc(C6(C(F)(F)F)CC6)n5)(CC3)CC4)C(=O)CC34CC(F)(C3)C4)c2)cc1. The number of rotatable bonds is 10. The van der Waals surface area contributed by atoms with Crippen LogP contribution in [0, 0.1) is 10.8 Å². The second-order valence-corrected chi connectivity index (χ2v) is 17.4. The molecule has 0 spiro atoms. The summed E-state index contributed by atoms with van der Waals surface area (Å²) in [5.41, 5.74) is -1.05. The molecule has 0 atom stereocenters. The van der Waals surface area contributed by atoms with Crippen LogP contribution in [0.15, 0.2) is 53.1 Å². The number of nitrogens with zero attached hydrogens (tertiary/aromatic N) is 3. The number of aromatic nitrogens is 2. The standard InChI is InChI=1S/C35H38F4N4O4S/c1-48(45,46)42-25-7-5-23(6-8-25)24-3-2-4-26(17-24)43(27(44)18-31-19-33(36,20-31)21-31)22-30-9-12-32(13-10-30,14-11-30)28-40-29(47-41-28)34(15-16-34)35(37,38)39/h2-8,17,42H,9-16,18-22H2,1H3. The number of amides is 1. The lowest BCUT2D eigenvalue weighted by molar-refractivity contribution is -0.215. The number of carbonyl (C=O) groups is 1. The number of anilines is 2. The molecule has 7 fully saturated rings. The predicted molar refractivity (Wildman–Crippen MR) is 171 cm³/mol. The first-order valence-corrected chi connectivity index (χ1v) is 18.5. The van der Waals surface area contributed by atoms with Crippen LogP contribution in [0.4, 0.5) is 28.9 Å². The Morgan fingerprint density at radius 2 is 1.56 bits per heavy atom. The maximum Gasteiger partial charge on any atom is 0.403 e. The molecule has 10 rings (SSSR count). The molecule has 0 saturated heterocycles. The lowest BCUT2D eigenvalue weighted by Crippen LogP contribution is -2.65. The van der Waals surface area contributed by atoms with Crippen LogP contribution in [-0.4, -0.2) is 49.1 Å². The fraction of sp³-hybridized carbons (Fsp3) is 0.571. The van der Waals surface area contributed by atoms with E-state index in [0.717, 1.165) is 42.3 Å². The number of hydrogen-bond acceptors (Lipinski definition) is 6. The maximum atomic E-state index is 14.4. The molecule has 8 nitrogen and oxygen atoms in total. The molecule has 1 N–H and O–H groups in total. The van der Waals surface area contributed by atoms with Crippen molar-refractivity contribution >= 4 is 27.3 Å². The van der Waals surface area contributed by atoms with E-state index >= 15 is 0 Å². The minimum atomic E-state index is -4.42. The summed E-state index contributed by atoms with van der Waals surface area (Å²) in [6.07, 6.45) is 2.65. The number of carbonyl (C=O) groups excluding carboxylic acids is 1.